The zero-order chi connectivity index (χ0) is 14.5. The van der Waals surface area contributed by atoms with Gasteiger partial charge in [-0.05, 0) is 18.1 Å². The van der Waals surface area contributed by atoms with Gasteiger partial charge >= 0.3 is 0 Å². The summed E-state index contributed by atoms with van der Waals surface area (Å²) in [7, 11) is -4.44. The van der Waals surface area contributed by atoms with Crippen LogP contribution >= 0.6 is 0 Å². The summed E-state index contributed by atoms with van der Waals surface area (Å²) in [6, 6.07) is 6.80. The highest BCUT2D eigenvalue weighted by Crippen LogP contribution is 2.08. The quantitative estimate of drug-likeness (QED) is 0.760. The lowest BCUT2D eigenvalue weighted by atomic mass is 10.1. The van der Waals surface area contributed by atoms with Crippen LogP contribution in [0.15, 0.2) is 24.3 Å². The molecular formula is C12H20N2O3S2. The molecule has 5 nitrogen and oxygen atoms in total. The Kier molecular flexibility index (Phi) is 6.12. The van der Waals surface area contributed by atoms with E-state index >= 15 is 0 Å². The van der Waals surface area contributed by atoms with Gasteiger partial charge < -0.3 is 5.73 Å². The SMILES string of the molecule is CC(CS(C)=O)NS(=O)(=O)Cc1ccc(CN)cc1. The van der Waals surface area contributed by atoms with E-state index in [1.165, 1.54) is 0 Å². The monoisotopic (exact) mass is 304 g/mol. The lowest BCUT2D eigenvalue weighted by molar-refractivity contribution is 0.569. The van der Waals surface area contributed by atoms with Crippen molar-refractivity contribution in [2.24, 2.45) is 5.73 Å². The summed E-state index contributed by atoms with van der Waals surface area (Å²) in [5.41, 5.74) is 7.15. The molecule has 0 amide bonds. The third kappa shape index (κ3) is 6.29. The standard InChI is InChI=1S/C12H20N2O3S2/c1-10(8-18(2)15)14-19(16,17)9-12-5-3-11(7-13)4-6-12/h3-6,10,14H,7-9,13H2,1-2H3. The van der Waals surface area contributed by atoms with Crippen LogP contribution in [0.3, 0.4) is 0 Å². The molecule has 19 heavy (non-hydrogen) atoms. The van der Waals surface area contributed by atoms with Crippen LogP contribution < -0.4 is 10.5 Å². The highest BCUT2D eigenvalue weighted by atomic mass is 32.2. The first-order chi connectivity index (χ1) is 8.82. The van der Waals surface area contributed by atoms with E-state index in [9.17, 15) is 12.6 Å². The first-order valence-electron chi connectivity index (χ1n) is 5.90. The van der Waals surface area contributed by atoms with Crippen molar-refractivity contribution in [1.82, 2.24) is 4.72 Å². The summed E-state index contributed by atoms with van der Waals surface area (Å²) < 4.78 is 37.4. The number of sulfonamides is 1. The fourth-order valence-electron chi connectivity index (χ4n) is 1.73. The molecule has 7 heteroatoms. The molecule has 2 unspecified atom stereocenters. The third-order valence-corrected chi connectivity index (χ3v) is 4.93. The van der Waals surface area contributed by atoms with Crippen LogP contribution in [0.5, 0.6) is 0 Å². The van der Waals surface area contributed by atoms with Crippen molar-refractivity contribution in [2.75, 3.05) is 12.0 Å². The maximum atomic E-state index is 11.9. The van der Waals surface area contributed by atoms with Crippen molar-refractivity contribution in [3.63, 3.8) is 0 Å². The van der Waals surface area contributed by atoms with Gasteiger partial charge in [-0.3, -0.25) is 4.21 Å². The number of hydrogen-bond acceptors (Lipinski definition) is 4. The first kappa shape index (κ1) is 16.3. The second kappa shape index (κ2) is 7.14. The maximum Gasteiger partial charge on any atom is 0.216 e. The number of benzene rings is 1. The Morgan fingerprint density at radius 2 is 1.79 bits per heavy atom. The molecule has 108 valence electrons. The van der Waals surface area contributed by atoms with Gasteiger partial charge in [0, 0.05) is 35.4 Å². The van der Waals surface area contributed by atoms with Crippen molar-refractivity contribution >= 4 is 20.8 Å². The number of nitrogens with one attached hydrogen (secondary N) is 1. The maximum absolute atomic E-state index is 11.9. The van der Waals surface area contributed by atoms with E-state index in [-0.39, 0.29) is 11.8 Å². The molecule has 1 aromatic rings. The molecule has 3 N–H and O–H groups in total. The van der Waals surface area contributed by atoms with Gasteiger partial charge in [-0.15, -0.1) is 0 Å². The Bertz CT molecular complexity index is 526. The number of nitrogens with two attached hydrogens (primary N) is 1. The van der Waals surface area contributed by atoms with Crippen molar-refractivity contribution in [2.45, 2.75) is 25.3 Å². The molecule has 0 heterocycles. The smallest absolute Gasteiger partial charge is 0.216 e. The molecule has 0 aliphatic rings. The number of hydrogen-bond donors (Lipinski definition) is 2. The first-order valence-corrected chi connectivity index (χ1v) is 9.28. The fourth-order valence-corrected chi connectivity index (χ4v) is 4.03. The molecule has 0 saturated carbocycles. The van der Waals surface area contributed by atoms with Gasteiger partial charge in [-0.1, -0.05) is 24.3 Å². The van der Waals surface area contributed by atoms with E-state index in [0.29, 0.717) is 17.9 Å². The minimum absolute atomic E-state index is 0.0848. The zero-order valence-electron chi connectivity index (χ0n) is 11.1. The zero-order valence-corrected chi connectivity index (χ0v) is 12.8. The van der Waals surface area contributed by atoms with Gasteiger partial charge in [0.1, 0.15) is 0 Å². The van der Waals surface area contributed by atoms with Crippen molar-refractivity contribution in [3.05, 3.63) is 35.4 Å². The van der Waals surface area contributed by atoms with Crippen molar-refractivity contribution in [3.8, 4) is 0 Å². The van der Waals surface area contributed by atoms with Crippen LogP contribution in [0.2, 0.25) is 0 Å². The Labute approximate surface area is 117 Å². The van der Waals surface area contributed by atoms with E-state index in [2.05, 4.69) is 4.72 Å². The molecule has 0 spiro atoms. The normalized spacial score (nSPS) is 15.1. The molecule has 0 aromatic heterocycles. The van der Waals surface area contributed by atoms with Crippen LogP contribution in [-0.4, -0.2) is 30.7 Å². The molecule has 0 radical (unpaired) electrons. The van der Waals surface area contributed by atoms with Gasteiger partial charge in [0.15, 0.2) is 0 Å². The predicted octanol–water partition coefficient (Wildman–Crippen LogP) is 0.332. The lowest BCUT2D eigenvalue weighted by Crippen LogP contribution is -2.36. The second-order valence-corrected chi connectivity index (χ2v) is 7.77. The van der Waals surface area contributed by atoms with E-state index in [4.69, 9.17) is 5.73 Å². The van der Waals surface area contributed by atoms with Crippen LogP contribution in [0.4, 0.5) is 0 Å². The average molecular weight is 304 g/mol. The third-order valence-electron chi connectivity index (χ3n) is 2.48. The lowest BCUT2D eigenvalue weighted by Gasteiger charge is -2.13. The molecule has 2 atom stereocenters. The van der Waals surface area contributed by atoms with E-state index in [1.54, 1.807) is 25.3 Å². The van der Waals surface area contributed by atoms with Gasteiger partial charge in [-0.2, -0.15) is 0 Å². The molecule has 0 saturated heterocycles. The summed E-state index contributed by atoms with van der Waals surface area (Å²) in [6.07, 6.45) is 1.55. The highest BCUT2D eigenvalue weighted by molar-refractivity contribution is 7.88. The summed E-state index contributed by atoms with van der Waals surface area (Å²) in [4.78, 5) is 0. The van der Waals surface area contributed by atoms with Crippen LogP contribution in [-0.2, 0) is 33.1 Å². The minimum atomic E-state index is -3.41. The number of rotatable bonds is 7. The molecular weight excluding hydrogens is 284 g/mol. The van der Waals surface area contributed by atoms with E-state index in [1.807, 2.05) is 12.1 Å². The fraction of sp³-hybridized carbons (Fsp3) is 0.500. The summed E-state index contributed by atoms with van der Waals surface area (Å²) in [5, 5.41) is 0. The average Bonchev–Trinajstić information content (AvgIpc) is 2.27. The Balaban J connectivity index is 2.65. The molecule has 0 bridgehead atoms. The Morgan fingerprint density at radius 1 is 1.26 bits per heavy atom. The molecule has 0 aliphatic carbocycles. The Hall–Kier alpha value is -0.760. The Morgan fingerprint density at radius 3 is 2.26 bits per heavy atom. The summed E-state index contributed by atoms with van der Waals surface area (Å²) >= 11 is 0. The summed E-state index contributed by atoms with van der Waals surface area (Å²) in [5.74, 6) is 0.226. The summed E-state index contributed by atoms with van der Waals surface area (Å²) in [6.45, 7) is 2.14. The molecule has 0 fully saturated rings. The molecule has 1 aromatic carbocycles. The highest BCUT2D eigenvalue weighted by Gasteiger charge is 2.16. The molecule has 1 rings (SSSR count). The van der Waals surface area contributed by atoms with Gasteiger partial charge in [0.05, 0.1) is 5.75 Å². The largest absolute Gasteiger partial charge is 0.326 e. The van der Waals surface area contributed by atoms with Gasteiger partial charge in [0.25, 0.3) is 0 Å². The van der Waals surface area contributed by atoms with E-state index < -0.39 is 20.8 Å². The second-order valence-electron chi connectivity index (χ2n) is 4.54. The van der Waals surface area contributed by atoms with Gasteiger partial charge in [-0.25, -0.2) is 13.1 Å². The van der Waals surface area contributed by atoms with Gasteiger partial charge in [0.2, 0.25) is 10.0 Å². The predicted molar refractivity (Wildman–Crippen MR) is 78.5 cm³/mol. The molecule has 0 aliphatic heterocycles. The minimum Gasteiger partial charge on any atom is -0.326 e. The van der Waals surface area contributed by atoms with Crippen molar-refractivity contribution in [1.29, 1.82) is 0 Å². The van der Waals surface area contributed by atoms with Crippen LogP contribution in [0.1, 0.15) is 18.1 Å². The van der Waals surface area contributed by atoms with Crippen molar-refractivity contribution < 1.29 is 12.6 Å². The van der Waals surface area contributed by atoms with E-state index in [0.717, 1.165) is 5.56 Å². The van der Waals surface area contributed by atoms with Crippen LogP contribution in [0.25, 0.3) is 0 Å². The van der Waals surface area contributed by atoms with Crippen LogP contribution in [0, 0.1) is 0 Å². The topological polar surface area (TPSA) is 89.3 Å².